The highest BCUT2D eigenvalue weighted by molar-refractivity contribution is 5.83. The van der Waals surface area contributed by atoms with E-state index in [2.05, 4.69) is 17.2 Å². The van der Waals surface area contributed by atoms with Crippen LogP contribution >= 0.6 is 0 Å². The molecular formula is C20H30N4O2. The number of likely N-dealkylation sites (N-methyl/N-ethyl adjacent to an activating group) is 1. The van der Waals surface area contributed by atoms with Crippen molar-refractivity contribution in [2.45, 2.75) is 64.6 Å². The molecule has 26 heavy (non-hydrogen) atoms. The third kappa shape index (κ3) is 4.18. The number of amides is 1. The monoisotopic (exact) mass is 358 g/mol. The van der Waals surface area contributed by atoms with E-state index in [0.717, 1.165) is 30.4 Å². The van der Waals surface area contributed by atoms with Crippen LogP contribution in [0.4, 0.5) is 5.95 Å². The van der Waals surface area contributed by atoms with Crippen molar-refractivity contribution < 1.29 is 9.90 Å². The molecule has 142 valence electrons. The molecule has 1 aliphatic rings. The number of rotatable bonds is 7. The maximum Gasteiger partial charge on any atom is 0.242 e. The summed E-state index contributed by atoms with van der Waals surface area (Å²) in [6, 6.07) is 8.20. The molecule has 0 bridgehead atoms. The number of hydrogen-bond donors (Lipinski definition) is 2. The molecular weight excluding hydrogens is 328 g/mol. The SMILES string of the molecule is CCN(C(=O)Cn1c(NCC(C)O)nc2ccccc21)C1CCCCC1. The zero-order chi connectivity index (χ0) is 18.5. The third-order valence-corrected chi connectivity index (χ3v) is 5.18. The Balaban J connectivity index is 1.83. The largest absolute Gasteiger partial charge is 0.392 e. The first-order chi connectivity index (χ1) is 12.6. The average Bonchev–Trinajstić information content (AvgIpc) is 2.99. The Morgan fingerprint density at radius 2 is 2.08 bits per heavy atom. The molecule has 0 spiro atoms. The van der Waals surface area contributed by atoms with E-state index in [9.17, 15) is 9.90 Å². The maximum absolute atomic E-state index is 13.1. The van der Waals surface area contributed by atoms with Crippen molar-refractivity contribution in [1.29, 1.82) is 0 Å². The predicted octanol–water partition coefficient (Wildman–Crippen LogP) is 3.01. The number of imidazole rings is 1. The van der Waals surface area contributed by atoms with Gasteiger partial charge in [-0.2, -0.15) is 0 Å². The number of anilines is 1. The fourth-order valence-corrected chi connectivity index (χ4v) is 3.87. The first-order valence-corrected chi connectivity index (χ1v) is 9.76. The van der Waals surface area contributed by atoms with Gasteiger partial charge in [-0.15, -0.1) is 0 Å². The Bertz CT molecular complexity index is 734. The van der Waals surface area contributed by atoms with Crippen molar-refractivity contribution in [3.63, 3.8) is 0 Å². The number of benzene rings is 1. The van der Waals surface area contributed by atoms with Gasteiger partial charge in [-0.25, -0.2) is 4.98 Å². The van der Waals surface area contributed by atoms with E-state index in [4.69, 9.17) is 0 Å². The molecule has 1 aliphatic carbocycles. The summed E-state index contributed by atoms with van der Waals surface area (Å²) in [5, 5.41) is 12.8. The van der Waals surface area contributed by atoms with E-state index >= 15 is 0 Å². The summed E-state index contributed by atoms with van der Waals surface area (Å²) in [5.41, 5.74) is 1.79. The Labute approximate surface area is 155 Å². The fourth-order valence-electron chi connectivity index (χ4n) is 3.87. The quantitative estimate of drug-likeness (QED) is 0.798. The van der Waals surface area contributed by atoms with Gasteiger partial charge in [0.25, 0.3) is 0 Å². The minimum absolute atomic E-state index is 0.141. The number of para-hydroxylation sites is 2. The Kier molecular flexibility index (Phi) is 6.14. The molecule has 6 heteroatoms. The van der Waals surface area contributed by atoms with Gasteiger partial charge in [0.15, 0.2) is 0 Å². The number of carbonyl (C=O) groups is 1. The second-order valence-corrected chi connectivity index (χ2v) is 7.21. The van der Waals surface area contributed by atoms with Crippen molar-refractivity contribution in [3.8, 4) is 0 Å². The summed E-state index contributed by atoms with van der Waals surface area (Å²) >= 11 is 0. The van der Waals surface area contributed by atoms with Crippen LogP contribution in [0.3, 0.4) is 0 Å². The Morgan fingerprint density at radius 1 is 1.35 bits per heavy atom. The van der Waals surface area contributed by atoms with Crippen LogP contribution in [0.15, 0.2) is 24.3 Å². The number of aromatic nitrogens is 2. The molecule has 0 radical (unpaired) electrons. The summed E-state index contributed by atoms with van der Waals surface area (Å²) in [7, 11) is 0. The second-order valence-electron chi connectivity index (χ2n) is 7.21. The van der Waals surface area contributed by atoms with E-state index in [0.29, 0.717) is 18.5 Å². The molecule has 6 nitrogen and oxygen atoms in total. The highest BCUT2D eigenvalue weighted by Gasteiger charge is 2.25. The average molecular weight is 358 g/mol. The van der Waals surface area contributed by atoms with Crippen molar-refractivity contribution in [2.75, 3.05) is 18.4 Å². The smallest absolute Gasteiger partial charge is 0.242 e. The Morgan fingerprint density at radius 3 is 2.77 bits per heavy atom. The molecule has 0 saturated heterocycles. The molecule has 1 saturated carbocycles. The highest BCUT2D eigenvalue weighted by Crippen LogP contribution is 2.24. The van der Waals surface area contributed by atoms with Crippen molar-refractivity contribution in [2.24, 2.45) is 0 Å². The molecule has 1 heterocycles. The normalized spacial score (nSPS) is 16.6. The van der Waals surface area contributed by atoms with Gasteiger partial charge in [-0.1, -0.05) is 31.4 Å². The van der Waals surface area contributed by atoms with Gasteiger partial charge in [0.05, 0.1) is 17.1 Å². The van der Waals surface area contributed by atoms with Gasteiger partial charge in [0, 0.05) is 19.1 Å². The number of nitrogens with one attached hydrogen (secondary N) is 1. The highest BCUT2D eigenvalue weighted by atomic mass is 16.3. The van der Waals surface area contributed by atoms with E-state index in [1.54, 1.807) is 6.92 Å². The molecule has 0 aliphatic heterocycles. The molecule has 1 aromatic heterocycles. The lowest BCUT2D eigenvalue weighted by atomic mass is 9.94. The minimum atomic E-state index is -0.478. The van der Waals surface area contributed by atoms with E-state index in [-0.39, 0.29) is 12.5 Å². The van der Waals surface area contributed by atoms with E-state index in [1.807, 2.05) is 33.7 Å². The number of nitrogens with zero attached hydrogens (tertiary/aromatic N) is 3. The predicted molar refractivity (Wildman–Crippen MR) is 104 cm³/mol. The third-order valence-electron chi connectivity index (χ3n) is 5.18. The molecule has 1 aromatic carbocycles. The van der Waals surface area contributed by atoms with Crippen LogP contribution in [0.25, 0.3) is 11.0 Å². The summed E-state index contributed by atoms with van der Waals surface area (Å²) in [6.07, 6.45) is 5.44. The lowest BCUT2D eigenvalue weighted by Crippen LogP contribution is -2.43. The van der Waals surface area contributed by atoms with Gasteiger partial charge in [0.2, 0.25) is 11.9 Å². The minimum Gasteiger partial charge on any atom is -0.392 e. The Hall–Kier alpha value is -2.08. The molecule has 1 fully saturated rings. The van der Waals surface area contributed by atoms with Gasteiger partial charge < -0.3 is 19.9 Å². The lowest BCUT2D eigenvalue weighted by Gasteiger charge is -2.34. The summed E-state index contributed by atoms with van der Waals surface area (Å²) in [4.78, 5) is 19.7. The number of aliphatic hydroxyl groups excluding tert-OH is 1. The summed E-state index contributed by atoms with van der Waals surface area (Å²) in [5.74, 6) is 0.780. The molecule has 2 aromatic rings. The van der Waals surface area contributed by atoms with Crippen molar-refractivity contribution in [3.05, 3.63) is 24.3 Å². The molecule has 1 unspecified atom stereocenters. The molecule has 3 rings (SSSR count). The van der Waals surface area contributed by atoms with Crippen LogP contribution < -0.4 is 5.32 Å². The first-order valence-electron chi connectivity index (χ1n) is 9.76. The topological polar surface area (TPSA) is 70.4 Å². The lowest BCUT2D eigenvalue weighted by molar-refractivity contribution is -0.134. The zero-order valence-corrected chi connectivity index (χ0v) is 15.8. The standard InChI is InChI=1S/C20H30N4O2/c1-3-23(16-9-5-4-6-10-16)19(26)14-24-18-12-8-7-11-17(18)22-20(24)21-13-15(2)25/h7-8,11-12,15-16,25H,3-6,9-10,13-14H2,1-2H3,(H,21,22). The maximum atomic E-state index is 13.1. The fraction of sp³-hybridized carbons (Fsp3) is 0.600. The van der Waals surface area contributed by atoms with Gasteiger partial charge in [-0.05, 0) is 38.8 Å². The van der Waals surface area contributed by atoms with Crippen LogP contribution in [-0.4, -0.2) is 50.7 Å². The number of fused-ring (bicyclic) bond motifs is 1. The van der Waals surface area contributed by atoms with Crippen LogP contribution in [0.2, 0.25) is 0 Å². The van der Waals surface area contributed by atoms with Crippen molar-refractivity contribution >= 4 is 22.9 Å². The zero-order valence-electron chi connectivity index (χ0n) is 15.8. The summed E-state index contributed by atoms with van der Waals surface area (Å²) < 4.78 is 1.94. The summed E-state index contributed by atoms with van der Waals surface area (Å²) in [6.45, 7) is 5.20. The second kappa shape index (κ2) is 8.54. The van der Waals surface area contributed by atoms with Crippen LogP contribution in [-0.2, 0) is 11.3 Å². The molecule has 1 atom stereocenters. The van der Waals surface area contributed by atoms with E-state index < -0.39 is 6.10 Å². The number of hydrogen-bond acceptors (Lipinski definition) is 4. The van der Waals surface area contributed by atoms with Crippen LogP contribution in [0, 0.1) is 0 Å². The first kappa shape index (κ1) is 18.7. The van der Waals surface area contributed by atoms with Gasteiger partial charge in [-0.3, -0.25) is 4.79 Å². The van der Waals surface area contributed by atoms with Gasteiger partial charge >= 0.3 is 0 Å². The van der Waals surface area contributed by atoms with Gasteiger partial charge in [0.1, 0.15) is 6.54 Å². The van der Waals surface area contributed by atoms with Crippen LogP contribution in [0.1, 0.15) is 46.0 Å². The van der Waals surface area contributed by atoms with Crippen molar-refractivity contribution in [1.82, 2.24) is 14.5 Å². The number of aliphatic hydroxyl groups is 1. The number of carbonyl (C=O) groups excluding carboxylic acids is 1. The molecule has 2 N–H and O–H groups in total. The molecule has 1 amide bonds. The van der Waals surface area contributed by atoms with E-state index in [1.165, 1.54) is 19.3 Å². The van der Waals surface area contributed by atoms with Crippen LogP contribution in [0.5, 0.6) is 0 Å².